The second-order valence-electron chi connectivity index (χ2n) is 5.38. The van der Waals surface area contributed by atoms with Crippen LogP contribution in [0.15, 0.2) is 22.7 Å². The first kappa shape index (κ1) is 15.6. The summed E-state index contributed by atoms with van der Waals surface area (Å²) in [5.41, 5.74) is 1.31. The molecule has 1 aromatic carbocycles. The number of aryl methyl sites for hydroxylation is 1. The maximum atomic E-state index is 10.8. The Balaban J connectivity index is 2.81. The molecule has 0 spiro atoms. The van der Waals surface area contributed by atoms with Crippen molar-refractivity contribution >= 4 is 37.5 Å². The maximum absolute atomic E-state index is 10.8. The van der Waals surface area contributed by atoms with E-state index in [9.17, 15) is 10.1 Å². The van der Waals surface area contributed by atoms with Crippen molar-refractivity contribution in [2.24, 2.45) is 5.41 Å². The predicted molar refractivity (Wildman–Crippen MR) is 81.3 cm³/mol. The Kier molecular flexibility index (Phi) is 5.34. The first-order valence-electron chi connectivity index (χ1n) is 5.79. The molecular weight excluding hydrogens is 362 g/mol. The quantitative estimate of drug-likeness (QED) is 0.415. The Labute approximate surface area is 124 Å². The fourth-order valence-corrected chi connectivity index (χ4v) is 2.45. The second-order valence-corrected chi connectivity index (χ2v) is 7.28. The highest BCUT2D eigenvalue weighted by molar-refractivity contribution is 9.10. The molecule has 0 saturated heterocycles. The van der Waals surface area contributed by atoms with Gasteiger partial charge in [0.2, 0.25) is 0 Å². The summed E-state index contributed by atoms with van der Waals surface area (Å²) in [4.78, 5) is 10.9. The minimum atomic E-state index is -0.358. The molecule has 0 radical (unpaired) electrons. The van der Waals surface area contributed by atoms with Crippen molar-refractivity contribution in [1.29, 1.82) is 0 Å². The van der Waals surface area contributed by atoms with Gasteiger partial charge in [0.15, 0.2) is 0 Å². The van der Waals surface area contributed by atoms with Crippen LogP contribution >= 0.6 is 31.9 Å². The highest BCUT2D eigenvalue weighted by Crippen LogP contribution is 2.33. The summed E-state index contributed by atoms with van der Waals surface area (Å²) in [6.07, 6.45) is 1.76. The zero-order valence-corrected chi connectivity index (χ0v) is 13.9. The van der Waals surface area contributed by atoms with Crippen LogP contribution in [0.5, 0.6) is 0 Å². The van der Waals surface area contributed by atoms with E-state index in [0.717, 1.165) is 18.4 Å². The van der Waals surface area contributed by atoms with Crippen molar-refractivity contribution < 1.29 is 4.92 Å². The fourth-order valence-electron chi connectivity index (χ4n) is 1.62. The van der Waals surface area contributed by atoms with Crippen molar-refractivity contribution in [3.63, 3.8) is 0 Å². The lowest BCUT2D eigenvalue weighted by atomic mass is 9.89. The van der Waals surface area contributed by atoms with Gasteiger partial charge in [-0.3, -0.25) is 10.1 Å². The number of rotatable bonds is 4. The number of halogens is 2. The van der Waals surface area contributed by atoms with Gasteiger partial charge in [-0.1, -0.05) is 48.8 Å². The van der Waals surface area contributed by atoms with Crippen LogP contribution in [0.3, 0.4) is 0 Å². The number of nitro groups is 1. The minimum Gasteiger partial charge on any atom is -0.258 e. The monoisotopic (exact) mass is 377 g/mol. The van der Waals surface area contributed by atoms with E-state index in [2.05, 4.69) is 52.6 Å². The maximum Gasteiger partial charge on any atom is 0.283 e. The van der Waals surface area contributed by atoms with Crippen LogP contribution < -0.4 is 0 Å². The molecule has 1 unspecified atom stereocenters. The molecule has 0 N–H and O–H groups in total. The van der Waals surface area contributed by atoms with Crippen LogP contribution in [0.2, 0.25) is 0 Å². The molecule has 0 aliphatic rings. The number of nitrogens with zero attached hydrogens (tertiary/aromatic N) is 1. The Morgan fingerprint density at radius 3 is 2.50 bits per heavy atom. The van der Waals surface area contributed by atoms with E-state index in [4.69, 9.17) is 0 Å². The van der Waals surface area contributed by atoms with Crippen LogP contribution in [-0.4, -0.2) is 9.75 Å². The molecule has 0 aliphatic heterocycles. The Morgan fingerprint density at radius 1 is 1.39 bits per heavy atom. The molecule has 1 rings (SSSR count). The zero-order chi connectivity index (χ0) is 13.9. The van der Waals surface area contributed by atoms with Gasteiger partial charge < -0.3 is 0 Å². The first-order valence-corrected chi connectivity index (χ1v) is 7.50. The molecule has 0 amide bonds. The van der Waals surface area contributed by atoms with Gasteiger partial charge in [-0.25, -0.2) is 0 Å². The van der Waals surface area contributed by atoms with Crippen LogP contribution in [0.4, 0.5) is 5.69 Å². The standard InChI is InChI=1S/C13H17Br2NO2/c1-13(2,3)11(14)8-7-9-5-4-6-10(12(9)15)16(17)18/h4-6,11H,7-8H2,1-3H3. The second kappa shape index (κ2) is 6.15. The van der Waals surface area contributed by atoms with E-state index in [1.54, 1.807) is 6.07 Å². The average Bonchev–Trinajstić information content (AvgIpc) is 2.25. The Bertz CT molecular complexity index is 441. The van der Waals surface area contributed by atoms with Crippen LogP contribution in [-0.2, 0) is 6.42 Å². The molecule has 1 atom stereocenters. The van der Waals surface area contributed by atoms with Crippen molar-refractivity contribution in [2.75, 3.05) is 0 Å². The SMILES string of the molecule is CC(C)(C)C(Br)CCc1cccc([N+](=O)[O-])c1Br. The zero-order valence-electron chi connectivity index (χ0n) is 10.7. The molecule has 1 aromatic rings. The van der Waals surface area contributed by atoms with E-state index >= 15 is 0 Å². The predicted octanol–water partition coefficient (Wildman–Crippen LogP) is 5.10. The van der Waals surface area contributed by atoms with Gasteiger partial charge >= 0.3 is 0 Å². The van der Waals surface area contributed by atoms with E-state index < -0.39 is 0 Å². The third-order valence-corrected chi connectivity index (χ3v) is 5.61. The lowest BCUT2D eigenvalue weighted by Gasteiger charge is -2.25. The topological polar surface area (TPSA) is 43.1 Å². The highest BCUT2D eigenvalue weighted by Gasteiger charge is 2.22. The molecule has 0 heterocycles. The summed E-state index contributed by atoms with van der Waals surface area (Å²) in [5, 5.41) is 10.8. The third kappa shape index (κ3) is 4.05. The number of hydrogen-bond donors (Lipinski definition) is 0. The van der Waals surface area contributed by atoms with Gasteiger partial charge in [-0.05, 0) is 39.8 Å². The van der Waals surface area contributed by atoms with Gasteiger partial charge in [-0.15, -0.1) is 0 Å². The third-order valence-electron chi connectivity index (χ3n) is 2.86. The molecular formula is C13H17Br2NO2. The molecule has 0 saturated carbocycles. The lowest BCUT2D eigenvalue weighted by Crippen LogP contribution is -2.20. The summed E-state index contributed by atoms with van der Waals surface area (Å²) in [6.45, 7) is 6.53. The average molecular weight is 379 g/mol. The van der Waals surface area contributed by atoms with Crippen LogP contribution in [0, 0.1) is 15.5 Å². The largest absolute Gasteiger partial charge is 0.283 e. The van der Waals surface area contributed by atoms with Gasteiger partial charge in [-0.2, -0.15) is 0 Å². The summed E-state index contributed by atoms with van der Waals surface area (Å²) in [6, 6.07) is 5.18. The number of alkyl halides is 1. The fraction of sp³-hybridized carbons (Fsp3) is 0.538. The minimum absolute atomic E-state index is 0.134. The summed E-state index contributed by atoms with van der Waals surface area (Å²) < 4.78 is 0.601. The molecule has 18 heavy (non-hydrogen) atoms. The number of nitro benzene ring substituents is 1. The van der Waals surface area contributed by atoms with Crippen molar-refractivity contribution in [3.8, 4) is 0 Å². The van der Waals surface area contributed by atoms with Gasteiger partial charge in [0.25, 0.3) is 5.69 Å². The van der Waals surface area contributed by atoms with Crippen molar-refractivity contribution in [1.82, 2.24) is 0 Å². The van der Waals surface area contributed by atoms with Crippen molar-refractivity contribution in [2.45, 2.75) is 38.4 Å². The molecule has 0 fully saturated rings. The van der Waals surface area contributed by atoms with Gasteiger partial charge in [0, 0.05) is 10.9 Å². The first-order chi connectivity index (χ1) is 8.23. The highest BCUT2D eigenvalue weighted by atomic mass is 79.9. The Hall–Kier alpha value is -0.420. The van der Waals surface area contributed by atoms with Crippen molar-refractivity contribution in [3.05, 3.63) is 38.3 Å². The van der Waals surface area contributed by atoms with Gasteiger partial charge in [0.1, 0.15) is 0 Å². The van der Waals surface area contributed by atoms with Crippen LogP contribution in [0.1, 0.15) is 32.8 Å². The van der Waals surface area contributed by atoms with E-state index in [1.807, 2.05) is 6.07 Å². The molecule has 5 heteroatoms. The molecule has 0 aliphatic carbocycles. The summed E-state index contributed by atoms with van der Waals surface area (Å²) >= 11 is 7.00. The van der Waals surface area contributed by atoms with Crippen LogP contribution in [0.25, 0.3) is 0 Å². The normalized spacial score (nSPS) is 13.4. The van der Waals surface area contributed by atoms with E-state index in [1.165, 1.54) is 6.07 Å². The summed E-state index contributed by atoms with van der Waals surface area (Å²) in [5.74, 6) is 0. The number of benzene rings is 1. The summed E-state index contributed by atoms with van der Waals surface area (Å²) in [7, 11) is 0. The molecule has 0 aromatic heterocycles. The molecule has 100 valence electrons. The van der Waals surface area contributed by atoms with E-state index in [0.29, 0.717) is 9.30 Å². The molecule has 3 nitrogen and oxygen atoms in total. The van der Waals surface area contributed by atoms with Gasteiger partial charge in [0.05, 0.1) is 9.40 Å². The van der Waals surface area contributed by atoms with E-state index in [-0.39, 0.29) is 16.0 Å². The lowest BCUT2D eigenvalue weighted by molar-refractivity contribution is -0.385. The smallest absolute Gasteiger partial charge is 0.258 e. The number of hydrogen-bond acceptors (Lipinski definition) is 2. The Morgan fingerprint density at radius 2 is 2.00 bits per heavy atom. The molecule has 0 bridgehead atoms.